The summed E-state index contributed by atoms with van der Waals surface area (Å²) in [6.07, 6.45) is -6.09. The van der Waals surface area contributed by atoms with Crippen LogP contribution in [0.15, 0.2) is 29.4 Å². The van der Waals surface area contributed by atoms with Gasteiger partial charge in [-0.05, 0) is 18.6 Å². The van der Waals surface area contributed by atoms with Crippen LogP contribution in [0.1, 0.15) is 22.3 Å². The van der Waals surface area contributed by atoms with Gasteiger partial charge in [0.25, 0.3) is 5.91 Å². The number of hydrogen-bond acceptors (Lipinski definition) is 3. The third-order valence-electron chi connectivity index (χ3n) is 2.68. The van der Waals surface area contributed by atoms with Gasteiger partial charge < -0.3 is 10.2 Å². The quantitative estimate of drug-likeness (QED) is 0.898. The smallest absolute Gasteiger partial charge is 0.370 e. The number of nitrogens with zero attached hydrogens (tertiary/aromatic N) is 1. The predicted molar refractivity (Wildman–Crippen MR) is 61.6 cm³/mol. The van der Waals surface area contributed by atoms with Crippen molar-refractivity contribution in [2.24, 2.45) is 5.16 Å². The fourth-order valence-electron chi connectivity index (χ4n) is 1.67. The Hall–Kier alpha value is -2.05. The van der Waals surface area contributed by atoms with E-state index in [4.69, 9.17) is 0 Å². The molecule has 1 atom stereocenters. The molecule has 2 rings (SSSR count). The summed E-state index contributed by atoms with van der Waals surface area (Å²) in [6.45, 7) is 1.74. The Morgan fingerprint density at radius 1 is 1.42 bits per heavy atom. The average Bonchev–Trinajstić information content (AvgIpc) is 2.77. The number of amides is 1. The van der Waals surface area contributed by atoms with Gasteiger partial charge in [-0.25, -0.2) is 0 Å². The fraction of sp³-hybridized carbons (Fsp3) is 0.333. The van der Waals surface area contributed by atoms with Crippen molar-refractivity contribution in [2.45, 2.75) is 25.7 Å². The molecule has 0 saturated carbocycles. The maximum Gasteiger partial charge on any atom is 0.432 e. The van der Waals surface area contributed by atoms with E-state index in [1.54, 1.807) is 31.2 Å². The van der Waals surface area contributed by atoms with Crippen molar-refractivity contribution in [3.8, 4) is 0 Å². The Bertz CT molecular complexity index is 526. The van der Waals surface area contributed by atoms with E-state index in [2.05, 4.69) is 15.3 Å². The highest BCUT2D eigenvalue weighted by Crippen LogP contribution is 2.24. The molecule has 0 saturated heterocycles. The normalized spacial score (nSPS) is 18.7. The van der Waals surface area contributed by atoms with E-state index in [1.807, 2.05) is 0 Å². The zero-order valence-electron chi connectivity index (χ0n) is 9.99. The third kappa shape index (κ3) is 3.04. The molecule has 0 spiro atoms. The molecular formula is C12H11F3N2O2. The van der Waals surface area contributed by atoms with Gasteiger partial charge in [-0.3, -0.25) is 4.79 Å². The summed E-state index contributed by atoms with van der Waals surface area (Å²) >= 11 is 0. The van der Waals surface area contributed by atoms with Crippen LogP contribution in [0, 0.1) is 6.92 Å². The van der Waals surface area contributed by atoms with Crippen LogP contribution in [0.25, 0.3) is 0 Å². The molecule has 1 aliphatic heterocycles. The molecule has 0 aromatic heterocycles. The van der Waals surface area contributed by atoms with Gasteiger partial charge in [-0.1, -0.05) is 23.4 Å². The van der Waals surface area contributed by atoms with Gasteiger partial charge in [0.15, 0.2) is 5.71 Å². The highest BCUT2D eigenvalue weighted by atomic mass is 19.4. The van der Waals surface area contributed by atoms with Gasteiger partial charge in [0.2, 0.25) is 6.23 Å². The van der Waals surface area contributed by atoms with Gasteiger partial charge in [-0.2, -0.15) is 13.2 Å². The highest BCUT2D eigenvalue weighted by Gasteiger charge is 2.42. The molecule has 1 aliphatic rings. The summed E-state index contributed by atoms with van der Waals surface area (Å²) in [5.74, 6) is -0.485. The van der Waals surface area contributed by atoms with Crippen LogP contribution in [-0.4, -0.2) is 24.0 Å². The number of carbonyl (C=O) groups excluding carboxylic acids is 1. The van der Waals surface area contributed by atoms with E-state index in [9.17, 15) is 18.0 Å². The van der Waals surface area contributed by atoms with Gasteiger partial charge in [-0.15, -0.1) is 0 Å². The molecule has 0 radical (unpaired) electrons. The molecule has 0 bridgehead atoms. The van der Waals surface area contributed by atoms with E-state index in [0.29, 0.717) is 5.56 Å². The number of hydrogen-bond donors (Lipinski definition) is 1. The van der Waals surface area contributed by atoms with Crippen LogP contribution in [0.5, 0.6) is 0 Å². The second-order valence-corrected chi connectivity index (χ2v) is 4.12. The molecule has 1 aromatic rings. The Morgan fingerprint density at radius 2 is 2.11 bits per heavy atom. The number of benzene rings is 1. The number of aryl methyl sites for hydroxylation is 1. The van der Waals surface area contributed by atoms with Crippen LogP contribution in [0.4, 0.5) is 13.2 Å². The highest BCUT2D eigenvalue weighted by molar-refractivity contribution is 5.96. The van der Waals surface area contributed by atoms with Crippen molar-refractivity contribution in [1.82, 2.24) is 5.32 Å². The summed E-state index contributed by atoms with van der Waals surface area (Å²) in [5.41, 5.74) is 0.101. The number of rotatable bonds is 2. The number of alkyl halides is 3. The van der Waals surface area contributed by atoms with E-state index in [0.717, 1.165) is 5.56 Å². The molecule has 1 heterocycles. The third-order valence-corrected chi connectivity index (χ3v) is 2.68. The lowest BCUT2D eigenvalue weighted by molar-refractivity contribution is -0.0604. The summed E-state index contributed by atoms with van der Waals surface area (Å²) in [6, 6.07) is 6.77. The van der Waals surface area contributed by atoms with Crippen LogP contribution in [0.2, 0.25) is 0 Å². The molecule has 1 amide bonds. The van der Waals surface area contributed by atoms with Gasteiger partial charge in [0, 0.05) is 5.56 Å². The summed E-state index contributed by atoms with van der Waals surface area (Å²) < 4.78 is 37.0. The monoisotopic (exact) mass is 272 g/mol. The zero-order chi connectivity index (χ0) is 14.0. The largest absolute Gasteiger partial charge is 0.432 e. The van der Waals surface area contributed by atoms with Crippen LogP contribution in [0.3, 0.4) is 0 Å². The standard InChI is InChI=1S/C12H11F3N2O2/c1-7-4-2-3-5-8(7)11(18)16-10-6-9(17-19-10)12(13,14)15/h2-5,10H,6H2,1H3,(H,16,18). The lowest BCUT2D eigenvalue weighted by atomic mass is 10.1. The van der Waals surface area contributed by atoms with Crippen molar-refractivity contribution < 1.29 is 22.8 Å². The van der Waals surface area contributed by atoms with Crippen LogP contribution >= 0.6 is 0 Å². The van der Waals surface area contributed by atoms with Crippen molar-refractivity contribution in [2.75, 3.05) is 0 Å². The molecule has 0 fully saturated rings. The van der Waals surface area contributed by atoms with E-state index >= 15 is 0 Å². The van der Waals surface area contributed by atoms with Crippen LogP contribution < -0.4 is 5.32 Å². The molecule has 4 nitrogen and oxygen atoms in total. The first kappa shape index (κ1) is 13.4. The van der Waals surface area contributed by atoms with Crippen molar-refractivity contribution in [1.29, 1.82) is 0 Å². The summed E-state index contributed by atoms with van der Waals surface area (Å²) in [7, 11) is 0. The Balaban J connectivity index is 1.98. The summed E-state index contributed by atoms with van der Waals surface area (Å²) in [4.78, 5) is 16.4. The minimum atomic E-state index is -4.53. The van der Waals surface area contributed by atoms with E-state index in [-0.39, 0.29) is 0 Å². The van der Waals surface area contributed by atoms with E-state index in [1.165, 1.54) is 0 Å². The number of nitrogens with one attached hydrogen (secondary N) is 1. The maximum atomic E-state index is 12.3. The number of oxime groups is 1. The Labute approximate surface area is 107 Å². The molecular weight excluding hydrogens is 261 g/mol. The average molecular weight is 272 g/mol. The van der Waals surface area contributed by atoms with Crippen molar-refractivity contribution in [3.63, 3.8) is 0 Å². The van der Waals surface area contributed by atoms with Crippen molar-refractivity contribution >= 4 is 11.6 Å². The molecule has 0 aliphatic carbocycles. The first-order valence-electron chi connectivity index (χ1n) is 5.54. The van der Waals surface area contributed by atoms with Gasteiger partial charge in [0.1, 0.15) is 0 Å². The Kier molecular flexibility index (Phi) is 3.46. The molecule has 1 unspecified atom stereocenters. The van der Waals surface area contributed by atoms with Gasteiger partial charge >= 0.3 is 6.18 Å². The van der Waals surface area contributed by atoms with Gasteiger partial charge in [0.05, 0.1) is 6.42 Å². The Morgan fingerprint density at radius 3 is 2.68 bits per heavy atom. The predicted octanol–water partition coefficient (Wildman–Crippen LogP) is 2.39. The maximum absolute atomic E-state index is 12.3. The van der Waals surface area contributed by atoms with Crippen molar-refractivity contribution in [3.05, 3.63) is 35.4 Å². The minimum Gasteiger partial charge on any atom is -0.370 e. The number of halogens is 3. The first-order chi connectivity index (χ1) is 8.88. The van der Waals surface area contributed by atoms with Crippen LogP contribution in [-0.2, 0) is 4.84 Å². The molecule has 1 N–H and O–H groups in total. The number of carbonyl (C=O) groups is 1. The van der Waals surface area contributed by atoms with E-state index < -0.39 is 30.4 Å². The summed E-state index contributed by atoms with van der Waals surface area (Å²) in [5, 5.41) is 5.30. The topological polar surface area (TPSA) is 50.7 Å². The lowest BCUT2D eigenvalue weighted by Gasteiger charge is -2.12. The SMILES string of the molecule is Cc1ccccc1C(=O)NC1CC(C(F)(F)F)=NO1. The minimum absolute atomic E-state index is 0.395. The fourth-order valence-corrected chi connectivity index (χ4v) is 1.67. The second kappa shape index (κ2) is 4.91. The second-order valence-electron chi connectivity index (χ2n) is 4.12. The lowest BCUT2D eigenvalue weighted by Crippen LogP contribution is -2.36. The first-order valence-corrected chi connectivity index (χ1v) is 5.54. The zero-order valence-corrected chi connectivity index (χ0v) is 9.99. The molecule has 102 valence electrons. The molecule has 1 aromatic carbocycles. The molecule has 7 heteroatoms. The molecule has 19 heavy (non-hydrogen) atoms.